The van der Waals surface area contributed by atoms with Crippen LogP contribution in [0.2, 0.25) is 0 Å². The van der Waals surface area contributed by atoms with E-state index >= 15 is 0 Å². The number of thiophene rings is 1. The molecular formula is C14H13BrN2O2S. The Labute approximate surface area is 129 Å². The van der Waals surface area contributed by atoms with Gasteiger partial charge in [0.25, 0.3) is 5.91 Å². The van der Waals surface area contributed by atoms with Crippen molar-refractivity contribution in [3.8, 4) is 5.75 Å². The van der Waals surface area contributed by atoms with Gasteiger partial charge in [-0.1, -0.05) is 22.0 Å². The van der Waals surface area contributed by atoms with Crippen LogP contribution in [0.3, 0.4) is 0 Å². The minimum atomic E-state index is -0.288. The third-order valence-electron chi connectivity index (χ3n) is 2.41. The van der Waals surface area contributed by atoms with Crippen LogP contribution < -0.4 is 10.2 Å². The van der Waals surface area contributed by atoms with Gasteiger partial charge in [-0.15, -0.1) is 11.3 Å². The van der Waals surface area contributed by atoms with E-state index in [0.29, 0.717) is 5.75 Å². The third-order valence-corrected chi connectivity index (χ3v) is 3.92. The average molecular weight is 353 g/mol. The first kappa shape index (κ1) is 14.7. The van der Waals surface area contributed by atoms with Crippen LogP contribution in [0.1, 0.15) is 11.8 Å². The lowest BCUT2D eigenvalue weighted by Crippen LogP contribution is -2.25. The molecule has 0 unspecified atom stereocenters. The number of hydrazone groups is 1. The lowest BCUT2D eigenvalue weighted by molar-refractivity contribution is -0.123. The first-order valence-corrected chi connectivity index (χ1v) is 7.58. The number of halogens is 1. The fourth-order valence-corrected chi connectivity index (χ4v) is 2.34. The van der Waals surface area contributed by atoms with Crippen molar-refractivity contribution in [1.29, 1.82) is 0 Å². The van der Waals surface area contributed by atoms with E-state index in [4.69, 9.17) is 4.74 Å². The van der Waals surface area contributed by atoms with Gasteiger partial charge in [0.05, 0.1) is 5.71 Å². The zero-order valence-corrected chi connectivity index (χ0v) is 13.2. The highest BCUT2D eigenvalue weighted by Crippen LogP contribution is 2.15. The summed E-state index contributed by atoms with van der Waals surface area (Å²) in [6.07, 6.45) is 0. The molecule has 2 aromatic rings. The number of ether oxygens (including phenoxy) is 1. The number of benzene rings is 1. The van der Waals surface area contributed by atoms with Crippen LogP contribution in [-0.2, 0) is 4.79 Å². The summed E-state index contributed by atoms with van der Waals surface area (Å²) >= 11 is 4.91. The molecule has 4 nitrogen and oxygen atoms in total. The standard InChI is InChI=1S/C14H13BrN2O2S/c1-10(13-3-2-8-20-13)16-17-14(18)9-19-12-6-4-11(15)5-7-12/h2-8H,9H2,1H3,(H,17,18)/b16-10-. The van der Waals surface area contributed by atoms with Gasteiger partial charge in [-0.25, -0.2) is 5.43 Å². The third kappa shape index (κ3) is 4.47. The molecule has 0 saturated heterocycles. The normalized spacial score (nSPS) is 11.2. The zero-order valence-electron chi connectivity index (χ0n) is 10.8. The minimum Gasteiger partial charge on any atom is -0.484 e. The van der Waals surface area contributed by atoms with E-state index in [1.54, 1.807) is 23.5 Å². The fraction of sp³-hybridized carbons (Fsp3) is 0.143. The molecule has 0 aliphatic rings. The molecule has 0 aliphatic heterocycles. The maximum atomic E-state index is 11.6. The number of rotatable bonds is 5. The number of nitrogens with one attached hydrogen (secondary N) is 1. The summed E-state index contributed by atoms with van der Waals surface area (Å²) in [6.45, 7) is 1.78. The van der Waals surface area contributed by atoms with Crippen molar-refractivity contribution in [1.82, 2.24) is 5.43 Å². The molecule has 1 aromatic carbocycles. The van der Waals surface area contributed by atoms with Gasteiger partial charge in [0, 0.05) is 9.35 Å². The van der Waals surface area contributed by atoms with Gasteiger partial charge in [0.1, 0.15) is 5.75 Å². The summed E-state index contributed by atoms with van der Waals surface area (Å²) in [5, 5.41) is 6.00. The van der Waals surface area contributed by atoms with E-state index in [-0.39, 0.29) is 12.5 Å². The summed E-state index contributed by atoms with van der Waals surface area (Å²) < 4.78 is 6.31. The zero-order chi connectivity index (χ0) is 14.4. The highest BCUT2D eigenvalue weighted by Gasteiger charge is 2.03. The van der Waals surface area contributed by atoms with Crippen LogP contribution >= 0.6 is 27.3 Å². The van der Waals surface area contributed by atoms with Crippen molar-refractivity contribution in [2.75, 3.05) is 6.61 Å². The van der Waals surface area contributed by atoms with Crippen LogP contribution in [0.25, 0.3) is 0 Å². The lowest BCUT2D eigenvalue weighted by Gasteiger charge is -2.05. The van der Waals surface area contributed by atoms with E-state index in [2.05, 4.69) is 26.5 Å². The molecule has 0 radical (unpaired) electrons. The Balaban J connectivity index is 1.81. The summed E-state index contributed by atoms with van der Waals surface area (Å²) in [6, 6.07) is 11.2. The Morgan fingerprint density at radius 2 is 2.10 bits per heavy atom. The molecule has 0 bridgehead atoms. The van der Waals surface area contributed by atoms with Crippen molar-refractivity contribution in [3.05, 3.63) is 51.1 Å². The van der Waals surface area contributed by atoms with Crippen molar-refractivity contribution < 1.29 is 9.53 Å². The molecular weight excluding hydrogens is 340 g/mol. The van der Waals surface area contributed by atoms with Crippen LogP contribution in [0.5, 0.6) is 5.75 Å². The molecule has 0 saturated carbocycles. The topological polar surface area (TPSA) is 50.7 Å². The second-order valence-electron chi connectivity index (χ2n) is 3.95. The predicted molar refractivity (Wildman–Crippen MR) is 84.3 cm³/mol. The molecule has 6 heteroatoms. The molecule has 104 valence electrons. The van der Waals surface area contributed by atoms with E-state index in [1.807, 2.05) is 36.6 Å². The fourth-order valence-electron chi connectivity index (χ4n) is 1.40. The Morgan fingerprint density at radius 3 is 2.75 bits per heavy atom. The predicted octanol–water partition coefficient (Wildman–Crippen LogP) is 3.43. The number of hydrogen-bond donors (Lipinski definition) is 1. The Morgan fingerprint density at radius 1 is 1.35 bits per heavy atom. The number of amides is 1. The number of carbonyl (C=O) groups is 1. The molecule has 0 aliphatic carbocycles. The number of carbonyl (C=O) groups excluding carboxylic acids is 1. The molecule has 1 heterocycles. The molecule has 1 aromatic heterocycles. The summed E-state index contributed by atoms with van der Waals surface area (Å²) in [7, 11) is 0. The van der Waals surface area contributed by atoms with Crippen molar-refractivity contribution >= 4 is 38.9 Å². The molecule has 2 rings (SSSR count). The van der Waals surface area contributed by atoms with Gasteiger partial charge in [-0.05, 0) is 42.6 Å². The SMILES string of the molecule is C/C(=N/NC(=O)COc1ccc(Br)cc1)c1cccs1. The molecule has 0 spiro atoms. The van der Waals surface area contributed by atoms with Crippen LogP contribution in [-0.4, -0.2) is 18.2 Å². The molecule has 1 amide bonds. The van der Waals surface area contributed by atoms with Gasteiger partial charge in [0.2, 0.25) is 0 Å². The summed E-state index contributed by atoms with van der Waals surface area (Å²) in [4.78, 5) is 12.6. The molecule has 20 heavy (non-hydrogen) atoms. The van der Waals surface area contributed by atoms with Gasteiger partial charge < -0.3 is 4.74 Å². The highest BCUT2D eigenvalue weighted by atomic mass is 79.9. The first-order chi connectivity index (χ1) is 9.65. The van der Waals surface area contributed by atoms with Crippen LogP contribution in [0.15, 0.2) is 51.4 Å². The van der Waals surface area contributed by atoms with Gasteiger partial charge in [-0.2, -0.15) is 5.10 Å². The maximum absolute atomic E-state index is 11.6. The Hall–Kier alpha value is -1.66. The molecule has 0 fully saturated rings. The van der Waals surface area contributed by atoms with Crippen molar-refractivity contribution in [2.24, 2.45) is 5.10 Å². The smallest absolute Gasteiger partial charge is 0.277 e. The van der Waals surface area contributed by atoms with Gasteiger partial charge in [0.15, 0.2) is 6.61 Å². The van der Waals surface area contributed by atoms with Gasteiger partial charge in [-0.3, -0.25) is 4.79 Å². The average Bonchev–Trinajstić information content (AvgIpc) is 2.98. The largest absolute Gasteiger partial charge is 0.484 e. The number of hydrogen-bond acceptors (Lipinski definition) is 4. The lowest BCUT2D eigenvalue weighted by atomic mass is 10.3. The van der Waals surface area contributed by atoms with Crippen LogP contribution in [0, 0.1) is 0 Å². The molecule has 0 atom stereocenters. The maximum Gasteiger partial charge on any atom is 0.277 e. The molecule has 1 N–H and O–H groups in total. The Bertz CT molecular complexity index is 594. The Kier molecular flexibility index (Phi) is 5.31. The first-order valence-electron chi connectivity index (χ1n) is 5.90. The summed E-state index contributed by atoms with van der Waals surface area (Å²) in [5.74, 6) is 0.353. The van der Waals surface area contributed by atoms with Gasteiger partial charge >= 0.3 is 0 Å². The minimum absolute atomic E-state index is 0.0666. The van der Waals surface area contributed by atoms with E-state index in [9.17, 15) is 4.79 Å². The van der Waals surface area contributed by atoms with E-state index < -0.39 is 0 Å². The van der Waals surface area contributed by atoms with Crippen LogP contribution in [0.4, 0.5) is 0 Å². The summed E-state index contributed by atoms with van der Waals surface area (Å²) in [5.41, 5.74) is 3.25. The van der Waals surface area contributed by atoms with Crippen molar-refractivity contribution in [3.63, 3.8) is 0 Å². The quantitative estimate of drug-likeness (QED) is 0.661. The van der Waals surface area contributed by atoms with Crippen molar-refractivity contribution in [2.45, 2.75) is 6.92 Å². The second kappa shape index (κ2) is 7.21. The highest BCUT2D eigenvalue weighted by molar-refractivity contribution is 9.10. The monoisotopic (exact) mass is 352 g/mol. The van der Waals surface area contributed by atoms with E-state index in [1.165, 1.54) is 0 Å². The second-order valence-corrected chi connectivity index (χ2v) is 5.82. The number of nitrogens with zero attached hydrogens (tertiary/aromatic N) is 1. The van der Waals surface area contributed by atoms with E-state index in [0.717, 1.165) is 15.1 Å².